The molecule has 0 amide bonds. The first kappa shape index (κ1) is 28.9. The van der Waals surface area contributed by atoms with Gasteiger partial charge in [-0.1, -0.05) is 12.2 Å². The molecule has 180 valence electrons. The zero-order chi connectivity index (χ0) is 24.1. The van der Waals surface area contributed by atoms with Gasteiger partial charge in [-0.2, -0.15) is 52.7 Å². The molecule has 0 spiro atoms. The number of alkyl halides is 12. The zero-order valence-corrected chi connectivity index (χ0v) is 15.8. The first-order chi connectivity index (χ1) is 13.4. The fourth-order valence-corrected chi connectivity index (χ4v) is 2.40. The molecule has 1 N–H and O–H groups in total. The molecule has 0 aliphatic carbocycles. The maximum atomic E-state index is 13.7. The second-order valence-corrected chi connectivity index (χ2v) is 6.70. The van der Waals surface area contributed by atoms with Gasteiger partial charge in [0, 0.05) is 19.4 Å². The predicted octanol–water partition coefficient (Wildman–Crippen LogP) is 7.10. The fraction of sp³-hybridized carbons (Fsp3) is 0.882. The molecule has 0 radical (unpaired) electrons. The third-order valence-electron chi connectivity index (χ3n) is 4.35. The summed E-state index contributed by atoms with van der Waals surface area (Å²) in [4.78, 5) is 0. The van der Waals surface area contributed by atoms with Gasteiger partial charge in [-0.15, -0.1) is 0 Å². The molecule has 0 saturated carbocycles. The Hall–Kier alpha value is -1.14. The summed E-state index contributed by atoms with van der Waals surface area (Å²) in [5, 5.41) is 8.38. The van der Waals surface area contributed by atoms with Crippen molar-refractivity contribution in [1.29, 1.82) is 0 Å². The predicted molar refractivity (Wildman–Crippen MR) is 83.9 cm³/mol. The van der Waals surface area contributed by atoms with Crippen molar-refractivity contribution in [3.05, 3.63) is 12.2 Å². The van der Waals surface area contributed by atoms with Crippen molar-refractivity contribution < 1.29 is 57.8 Å². The Bertz CT molecular complexity index is 557. The van der Waals surface area contributed by atoms with Gasteiger partial charge < -0.3 is 5.11 Å². The fourth-order valence-electron chi connectivity index (χ4n) is 2.40. The van der Waals surface area contributed by atoms with Gasteiger partial charge in [-0.25, -0.2) is 0 Å². The van der Waals surface area contributed by atoms with Crippen LogP contribution in [0.4, 0.5) is 52.7 Å². The van der Waals surface area contributed by atoms with Gasteiger partial charge in [-0.05, 0) is 39.0 Å². The van der Waals surface area contributed by atoms with Gasteiger partial charge in [0.05, 0.1) is 0 Å². The number of aliphatic hydroxyl groups excluding tert-OH is 1. The van der Waals surface area contributed by atoms with Crippen LogP contribution in [0.5, 0.6) is 0 Å². The maximum Gasteiger partial charge on any atom is 0.384 e. The van der Waals surface area contributed by atoms with E-state index >= 15 is 0 Å². The maximum absolute atomic E-state index is 13.7. The van der Waals surface area contributed by atoms with E-state index in [1.165, 1.54) is 19.1 Å². The van der Waals surface area contributed by atoms with Crippen LogP contribution in [0.2, 0.25) is 0 Å². The minimum Gasteiger partial charge on any atom is -0.396 e. The Morgan fingerprint density at radius 3 is 1.27 bits per heavy atom. The van der Waals surface area contributed by atoms with E-state index in [1.54, 1.807) is 0 Å². The summed E-state index contributed by atoms with van der Waals surface area (Å²) in [6.07, 6.45) is -3.99. The Kier molecular flexibility index (Phi) is 9.61. The van der Waals surface area contributed by atoms with Crippen molar-refractivity contribution in [2.24, 2.45) is 0 Å². The molecule has 30 heavy (non-hydrogen) atoms. The first-order valence-corrected chi connectivity index (χ1v) is 8.86. The molecule has 0 aromatic carbocycles. The van der Waals surface area contributed by atoms with Gasteiger partial charge in [0.2, 0.25) is 0 Å². The number of allylic oxidation sites excluding steroid dienone is 2. The number of rotatable bonds is 14. The molecule has 0 atom stereocenters. The smallest absolute Gasteiger partial charge is 0.384 e. The van der Waals surface area contributed by atoms with E-state index < -0.39 is 74.2 Å². The molecular formula is C17H22F12O. The largest absolute Gasteiger partial charge is 0.396 e. The van der Waals surface area contributed by atoms with E-state index in [4.69, 9.17) is 5.11 Å². The average Bonchev–Trinajstić information content (AvgIpc) is 2.60. The van der Waals surface area contributed by atoms with E-state index in [9.17, 15) is 52.7 Å². The molecule has 0 saturated heterocycles. The quantitative estimate of drug-likeness (QED) is 0.163. The topological polar surface area (TPSA) is 20.2 Å². The Balaban J connectivity index is 5.79. The van der Waals surface area contributed by atoms with Crippen molar-refractivity contribution in [2.45, 2.75) is 87.4 Å². The lowest BCUT2D eigenvalue weighted by Crippen LogP contribution is -2.70. The molecule has 13 heteroatoms. The number of hydrogen-bond acceptors (Lipinski definition) is 1. The summed E-state index contributed by atoms with van der Waals surface area (Å²) in [7, 11) is 0. The third kappa shape index (κ3) is 5.37. The zero-order valence-electron chi connectivity index (χ0n) is 15.8. The van der Waals surface area contributed by atoms with Crippen LogP contribution in [0.3, 0.4) is 0 Å². The van der Waals surface area contributed by atoms with Crippen LogP contribution in [0.15, 0.2) is 12.2 Å². The number of hydrogen-bond donors (Lipinski definition) is 1. The second kappa shape index (κ2) is 9.99. The molecule has 0 aliphatic heterocycles. The molecule has 0 heterocycles. The van der Waals surface area contributed by atoms with Gasteiger partial charge in [0.15, 0.2) is 0 Å². The van der Waals surface area contributed by atoms with E-state index in [0.29, 0.717) is 0 Å². The molecule has 0 unspecified atom stereocenters. The monoisotopic (exact) mass is 470 g/mol. The van der Waals surface area contributed by atoms with Crippen LogP contribution in [0.25, 0.3) is 0 Å². The van der Waals surface area contributed by atoms with Crippen molar-refractivity contribution in [1.82, 2.24) is 0 Å². The normalized spacial score (nSPS) is 15.3. The standard InChI is InChI=1S/C17H22F12O/c1-2-3-4-5-6-9-12(18,19)14(22,23)16(26,27)17(28,29)15(24,25)13(20,21)10-7-8-11-30/h2-3,30H,4-11H2,1H3/b3-2+. The second-order valence-electron chi connectivity index (χ2n) is 6.70. The lowest BCUT2D eigenvalue weighted by molar-refractivity contribution is -0.425. The Morgan fingerprint density at radius 1 is 0.567 bits per heavy atom. The van der Waals surface area contributed by atoms with Crippen LogP contribution in [-0.2, 0) is 0 Å². The number of aliphatic hydroxyl groups is 1. The average molecular weight is 470 g/mol. The summed E-state index contributed by atoms with van der Waals surface area (Å²) >= 11 is 0. The van der Waals surface area contributed by atoms with Crippen LogP contribution in [-0.4, -0.2) is 47.2 Å². The van der Waals surface area contributed by atoms with Crippen molar-refractivity contribution >= 4 is 0 Å². The highest BCUT2D eigenvalue weighted by molar-refractivity contribution is 5.11. The molecule has 0 aromatic heterocycles. The summed E-state index contributed by atoms with van der Waals surface area (Å²) in [5.74, 6) is -41.0. The molecule has 0 bridgehead atoms. The molecule has 0 aliphatic rings. The highest BCUT2D eigenvalue weighted by atomic mass is 19.4. The highest BCUT2D eigenvalue weighted by Crippen LogP contribution is 2.61. The number of unbranched alkanes of at least 4 members (excludes halogenated alkanes) is 3. The van der Waals surface area contributed by atoms with Crippen LogP contribution in [0.1, 0.15) is 51.9 Å². The summed E-state index contributed by atoms with van der Waals surface area (Å²) in [6, 6.07) is 0. The first-order valence-electron chi connectivity index (χ1n) is 8.86. The summed E-state index contributed by atoms with van der Waals surface area (Å²) in [5.41, 5.74) is 0. The number of halogens is 12. The summed E-state index contributed by atoms with van der Waals surface area (Å²) in [6.45, 7) is 0.706. The SMILES string of the molecule is C/C=C/CCCCC(F)(F)C(F)(F)C(F)(F)C(F)(F)C(F)(F)C(F)(F)CCCCO. The molecule has 0 rings (SSSR count). The van der Waals surface area contributed by atoms with Gasteiger partial charge >= 0.3 is 35.5 Å². The third-order valence-corrected chi connectivity index (χ3v) is 4.35. The van der Waals surface area contributed by atoms with E-state index in [-0.39, 0.29) is 12.8 Å². The molecule has 0 aromatic rings. The lowest BCUT2D eigenvalue weighted by Gasteiger charge is -2.41. The van der Waals surface area contributed by atoms with Crippen LogP contribution < -0.4 is 0 Å². The van der Waals surface area contributed by atoms with Crippen molar-refractivity contribution in [3.8, 4) is 0 Å². The minimum absolute atomic E-state index is 0.0723. The molecule has 1 nitrogen and oxygen atoms in total. The van der Waals surface area contributed by atoms with Crippen LogP contribution >= 0.6 is 0 Å². The molecular weight excluding hydrogens is 448 g/mol. The molecule has 0 fully saturated rings. The Morgan fingerprint density at radius 2 is 0.933 bits per heavy atom. The van der Waals surface area contributed by atoms with Gasteiger partial charge in [0.25, 0.3) is 0 Å². The van der Waals surface area contributed by atoms with E-state index in [1.807, 2.05) is 0 Å². The van der Waals surface area contributed by atoms with Gasteiger partial charge in [-0.3, -0.25) is 0 Å². The van der Waals surface area contributed by atoms with E-state index in [0.717, 1.165) is 0 Å². The summed E-state index contributed by atoms with van der Waals surface area (Å²) < 4.78 is 163. The Labute approximate surface area is 165 Å². The minimum atomic E-state index is -7.51. The van der Waals surface area contributed by atoms with Crippen molar-refractivity contribution in [3.63, 3.8) is 0 Å². The highest BCUT2D eigenvalue weighted by Gasteiger charge is 2.89. The van der Waals surface area contributed by atoms with Gasteiger partial charge in [0.1, 0.15) is 0 Å². The van der Waals surface area contributed by atoms with E-state index in [2.05, 4.69) is 0 Å². The van der Waals surface area contributed by atoms with Crippen LogP contribution in [0, 0.1) is 0 Å². The van der Waals surface area contributed by atoms with Crippen molar-refractivity contribution in [2.75, 3.05) is 6.61 Å². The lowest BCUT2D eigenvalue weighted by atomic mass is 9.88.